The molecule has 4 heteroatoms. The van der Waals surface area contributed by atoms with E-state index in [2.05, 4.69) is 17.9 Å². The number of nitrogens with zero attached hydrogens (tertiary/aromatic N) is 1. The largest absolute Gasteiger partial charge is 0.494 e. The molecule has 1 aromatic rings. The molecule has 4 nitrogen and oxygen atoms in total. The van der Waals surface area contributed by atoms with Gasteiger partial charge in [-0.1, -0.05) is 18.2 Å². The zero-order valence-corrected chi connectivity index (χ0v) is 11.8. The summed E-state index contributed by atoms with van der Waals surface area (Å²) in [6, 6.07) is 8.45. The molecule has 106 valence electrons. The fourth-order valence-electron chi connectivity index (χ4n) is 2.46. The summed E-state index contributed by atoms with van der Waals surface area (Å²) in [4.78, 5) is 2.39. The monoisotopic (exact) mass is 264 g/mol. The molecule has 0 spiro atoms. The van der Waals surface area contributed by atoms with Crippen molar-refractivity contribution in [2.24, 2.45) is 5.73 Å². The third-order valence-electron chi connectivity index (χ3n) is 3.55. The van der Waals surface area contributed by atoms with Crippen molar-refractivity contribution < 1.29 is 9.47 Å². The molecule has 0 saturated carbocycles. The molecule has 1 saturated heterocycles. The van der Waals surface area contributed by atoms with E-state index in [0.29, 0.717) is 12.6 Å². The first-order valence-corrected chi connectivity index (χ1v) is 7.01. The second kappa shape index (κ2) is 6.89. The minimum absolute atomic E-state index is 0.0247. The van der Waals surface area contributed by atoms with Gasteiger partial charge < -0.3 is 15.2 Å². The normalized spacial score (nSPS) is 22.2. The lowest BCUT2D eigenvalue weighted by molar-refractivity contribution is -0.00289. The Bertz CT molecular complexity index is 397. The lowest BCUT2D eigenvalue weighted by atomic mass is 10.0. The van der Waals surface area contributed by atoms with Crippen molar-refractivity contribution in [3.05, 3.63) is 29.8 Å². The Labute approximate surface area is 115 Å². The smallest absolute Gasteiger partial charge is 0.124 e. The summed E-state index contributed by atoms with van der Waals surface area (Å²) in [5, 5.41) is 0. The van der Waals surface area contributed by atoms with Gasteiger partial charge in [0.2, 0.25) is 0 Å². The van der Waals surface area contributed by atoms with Crippen molar-refractivity contribution in [3.63, 3.8) is 0 Å². The molecule has 1 fully saturated rings. The number of rotatable bonds is 5. The van der Waals surface area contributed by atoms with Crippen LogP contribution in [0.4, 0.5) is 0 Å². The molecule has 2 atom stereocenters. The number of para-hydroxylation sites is 1. The van der Waals surface area contributed by atoms with Crippen molar-refractivity contribution in [3.8, 4) is 5.75 Å². The fourth-order valence-corrected chi connectivity index (χ4v) is 2.46. The van der Waals surface area contributed by atoms with Crippen molar-refractivity contribution in [1.29, 1.82) is 0 Å². The Morgan fingerprint density at radius 3 is 3.00 bits per heavy atom. The van der Waals surface area contributed by atoms with E-state index in [9.17, 15) is 0 Å². The van der Waals surface area contributed by atoms with E-state index in [1.54, 1.807) is 0 Å². The summed E-state index contributed by atoms with van der Waals surface area (Å²) < 4.78 is 11.1. The number of ether oxygens (including phenoxy) is 2. The summed E-state index contributed by atoms with van der Waals surface area (Å²) >= 11 is 0. The highest BCUT2D eigenvalue weighted by molar-refractivity contribution is 5.36. The lowest BCUT2D eigenvalue weighted by Crippen LogP contribution is -2.46. The van der Waals surface area contributed by atoms with Gasteiger partial charge in [-0.15, -0.1) is 0 Å². The van der Waals surface area contributed by atoms with Gasteiger partial charge in [0.05, 0.1) is 19.8 Å². The third kappa shape index (κ3) is 3.69. The SMILES string of the molecule is CCOc1ccccc1C(N)CN1CCOCC1C. The van der Waals surface area contributed by atoms with E-state index in [0.717, 1.165) is 37.6 Å². The molecule has 0 aliphatic carbocycles. The molecule has 2 unspecified atom stereocenters. The predicted octanol–water partition coefficient (Wildman–Crippen LogP) is 1.81. The van der Waals surface area contributed by atoms with Gasteiger partial charge in [-0.25, -0.2) is 0 Å². The minimum Gasteiger partial charge on any atom is -0.494 e. The standard InChI is InChI=1S/C15H24N2O2/c1-3-19-15-7-5-4-6-13(15)14(16)10-17-8-9-18-11-12(17)2/h4-7,12,14H,3,8-11,16H2,1-2H3. The fraction of sp³-hybridized carbons (Fsp3) is 0.600. The van der Waals surface area contributed by atoms with Crippen LogP contribution in [0.5, 0.6) is 5.75 Å². The van der Waals surface area contributed by atoms with Gasteiger partial charge in [-0.05, 0) is 19.9 Å². The highest BCUT2D eigenvalue weighted by atomic mass is 16.5. The molecule has 0 radical (unpaired) electrons. The van der Waals surface area contributed by atoms with Crippen LogP contribution >= 0.6 is 0 Å². The van der Waals surface area contributed by atoms with Crippen LogP contribution in [0.2, 0.25) is 0 Å². The number of nitrogens with two attached hydrogens (primary N) is 1. The maximum absolute atomic E-state index is 6.36. The van der Waals surface area contributed by atoms with Crippen LogP contribution in [-0.4, -0.2) is 43.9 Å². The maximum atomic E-state index is 6.36. The molecule has 1 aromatic carbocycles. The van der Waals surface area contributed by atoms with Crippen LogP contribution in [0.25, 0.3) is 0 Å². The van der Waals surface area contributed by atoms with Crippen LogP contribution in [0, 0.1) is 0 Å². The molecule has 2 N–H and O–H groups in total. The first-order valence-electron chi connectivity index (χ1n) is 7.01. The maximum Gasteiger partial charge on any atom is 0.124 e. The van der Waals surface area contributed by atoms with E-state index in [1.165, 1.54) is 0 Å². The first-order chi connectivity index (χ1) is 9.22. The molecule has 1 aliphatic rings. The van der Waals surface area contributed by atoms with E-state index in [4.69, 9.17) is 15.2 Å². The van der Waals surface area contributed by atoms with Gasteiger partial charge in [-0.2, -0.15) is 0 Å². The molecule has 19 heavy (non-hydrogen) atoms. The van der Waals surface area contributed by atoms with Gasteiger partial charge in [0.1, 0.15) is 5.75 Å². The van der Waals surface area contributed by atoms with Crippen LogP contribution in [0.3, 0.4) is 0 Å². The molecule has 0 amide bonds. The molecule has 0 aromatic heterocycles. The van der Waals surface area contributed by atoms with Crippen LogP contribution < -0.4 is 10.5 Å². The third-order valence-corrected chi connectivity index (χ3v) is 3.55. The topological polar surface area (TPSA) is 47.7 Å². The molecule has 1 aliphatic heterocycles. The van der Waals surface area contributed by atoms with Crippen molar-refractivity contribution in [2.75, 3.05) is 32.9 Å². The van der Waals surface area contributed by atoms with Crippen molar-refractivity contribution in [1.82, 2.24) is 4.90 Å². The van der Waals surface area contributed by atoms with Crippen LogP contribution in [0.1, 0.15) is 25.5 Å². The second-order valence-corrected chi connectivity index (χ2v) is 5.00. The highest BCUT2D eigenvalue weighted by Crippen LogP contribution is 2.25. The summed E-state index contributed by atoms with van der Waals surface area (Å²) in [7, 11) is 0. The number of morpholine rings is 1. The number of hydrogen-bond acceptors (Lipinski definition) is 4. The average Bonchev–Trinajstić information content (AvgIpc) is 2.42. The minimum atomic E-state index is -0.0247. The molecule has 1 heterocycles. The number of benzene rings is 1. The van der Waals surface area contributed by atoms with Crippen LogP contribution in [-0.2, 0) is 4.74 Å². The Morgan fingerprint density at radius 2 is 2.26 bits per heavy atom. The van der Waals surface area contributed by atoms with Gasteiger partial charge in [0.15, 0.2) is 0 Å². The predicted molar refractivity (Wildman–Crippen MR) is 76.4 cm³/mol. The van der Waals surface area contributed by atoms with Crippen molar-refractivity contribution in [2.45, 2.75) is 25.9 Å². The quantitative estimate of drug-likeness (QED) is 0.881. The Hall–Kier alpha value is -1.10. The summed E-state index contributed by atoms with van der Waals surface area (Å²) in [6.07, 6.45) is 0. The van der Waals surface area contributed by atoms with Gasteiger partial charge >= 0.3 is 0 Å². The Morgan fingerprint density at radius 1 is 1.47 bits per heavy atom. The van der Waals surface area contributed by atoms with Gasteiger partial charge in [-0.3, -0.25) is 4.90 Å². The summed E-state index contributed by atoms with van der Waals surface area (Å²) in [5.41, 5.74) is 7.44. The van der Waals surface area contributed by atoms with Gasteiger partial charge in [0, 0.05) is 30.7 Å². The lowest BCUT2D eigenvalue weighted by Gasteiger charge is -2.35. The van der Waals surface area contributed by atoms with Crippen molar-refractivity contribution >= 4 is 0 Å². The summed E-state index contributed by atoms with van der Waals surface area (Å²) in [5.74, 6) is 0.901. The zero-order valence-electron chi connectivity index (χ0n) is 11.8. The highest BCUT2D eigenvalue weighted by Gasteiger charge is 2.22. The van der Waals surface area contributed by atoms with Gasteiger partial charge in [0.25, 0.3) is 0 Å². The molecule has 0 bridgehead atoms. The van der Waals surface area contributed by atoms with E-state index in [1.807, 2.05) is 25.1 Å². The Kier molecular flexibility index (Phi) is 5.19. The molecular formula is C15H24N2O2. The Balaban J connectivity index is 2.04. The average molecular weight is 264 g/mol. The van der Waals surface area contributed by atoms with E-state index < -0.39 is 0 Å². The number of hydrogen-bond donors (Lipinski definition) is 1. The first kappa shape index (κ1) is 14.3. The van der Waals surface area contributed by atoms with E-state index in [-0.39, 0.29) is 6.04 Å². The molecule has 2 rings (SSSR count). The summed E-state index contributed by atoms with van der Waals surface area (Å²) in [6.45, 7) is 8.22. The molecular weight excluding hydrogens is 240 g/mol. The van der Waals surface area contributed by atoms with E-state index >= 15 is 0 Å². The zero-order chi connectivity index (χ0) is 13.7. The second-order valence-electron chi connectivity index (χ2n) is 5.00. The van der Waals surface area contributed by atoms with Crippen LogP contribution in [0.15, 0.2) is 24.3 Å².